The Morgan fingerprint density at radius 1 is 1.13 bits per heavy atom. The molecule has 0 saturated carbocycles. The van der Waals surface area contributed by atoms with E-state index in [1.165, 1.54) is 19.3 Å². The minimum Gasteiger partial charge on any atom is -0.411 e. The summed E-state index contributed by atoms with van der Waals surface area (Å²) in [5, 5.41) is 0.229. The monoisotopic (exact) mass is 340 g/mol. The molecule has 1 saturated heterocycles. The lowest BCUT2D eigenvalue weighted by Gasteiger charge is -2.38. The standard InChI is InChI=1S/C18H37BO3Si/c1-9-10-11-12-17(22-23(7,8)18(4,5)6)13-14-19-20-15(2)16(3)21-19/h13-17H,9-12H2,1-8H3/b14-13+. The molecule has 3 nitrogen and oxygen atoms in total. The van der Waals surface area contributed by atoms with Gasteiger partial charge in [-0.1, -0.05) is 59.0 Å². The topological polar surface area (TPSA) is 27.7 Å². The molecular weight excluding hydrogens is 303 g/mol. The first-order valence-electron chi connectivity index (χ1n) is 9.24. The third kappa shape index (κ3) is 6.73. The van der Waals surface area contributed by atoms with Crippen molar-refractivity contribution in [2.75, 3.05) is 0 Å². The summed E-state index contributed by atoms with van der Waals surface area (Å²) in [5.41, 5.74) is 0. The molecule has 5 heteroatoms. The average Bonchev–Trinajstić information content (AvgIpc) is 2.73. The van der Waals surface area contributed by atoms with Crippen LogP contribution in [0.25, 0.3) is 0 Å². The van der Waals surface area contributed by atoms with Crippen molar-refractivity contribution in [3.05, 3.63) is 12.1 Å². The lowest BCUT2D eigenvalue weighted by molar-refractivity contribution is 0.187. The first kappa shape index (κ1) is 20.9. The molecule has 0 radical (unpaired) electrons. The van der Waals surface area contributed by atoms with E-state index in [1.54, 1.807) is 0 Å². The fourth-order valence-electron chi connectivity index (χ4n) is 2.33. The Hall–Kier alpha value is -0.0982. The molecule has 0 bridgehead atoms. The number of hydrogen-bond acceptors (Lipinski definition) is 3. The third-order valence-electron chi connectivity index (χ3n) is 5.19. The second kappa shape index (κ2) is 8.84. The molecule has 0 N–H and O–H groups in total. The van der Waals surface area contributed by atoms with Gasteiger partial charge in [0.1, 0.15) is 0 Å². The fraction of sp³-hybridized carbons (Fsp3) is 0.889. The molecule has 0 aromatic rings. The van der Waals surface area contributed by atoms with Crippen molar-refractivity contribution in [3.63, 3.8) is 0 Å². The van der Waals surface area contributed by atoms with Gasteiger partial charge in [0, 0.05) is 0 Å². The molecule has 3 atom stereocenters. The number of rotatable bonds is 8. The fourth-order valence-corrected chi connectivity index (χ4v) is 3.63. The summed E-state index contributed by atoms with van der Waals surface area (Å²) in [6, 6.07) is 0. The minimum absolute atomic E-state index is 0.157. The van der Waals surface area contributed by atoms with Crippen molar-refractivity contribution in [1.29, 1.82) is 0 Å². The third-order valence-corrected chi connectivity index (χ3v) is 9.69. The second-order valence-electron chi connectivity index (χ2n) is 8.35. The smallest absolute Gasteiger partial charge is 0.411 e. The van der Waals surface area contributed by atoms with E-state index >= 15 is 0 Å². The Balaban J connectivity index is 2.68. The summed E-state index contributed by atoms with van der Waals surface area (Å²) in [6.07, 6.45) is 7.44. The van der Waals surface area contributed by atoms with E-state index in [4.69, 9.17) is 13.7 Å². The van der Waals surface area contributed by atoms with Gasteiger partial charge in [-0.3, -0.25) is 0 Å². The first-order valence-corrected chi connectivity index (χ1v) is 12.1. The van der Waals surface area contributed by atoms with Crippen LogP contribution in [0.5, 0.6) is 0 Å². The van der Waals surface area contributed by atoms with Crippen LogP contribution < -0.4 is 0 Å². The van der Waals surface area contributed by atoms with Gasteiger partial charge in [-0.2, -0.15) is 0 Å². The van der Waals surface area contributed by atoms with E-state index in [-0.39, 0.29) is 30.5 Å². The maximum absolute atomic E-state index is 6.60. The molecule has 1 fully saturated rings. The molecule has 0 aromatic carbocycles. The van der Waals surface area contributed by atoms with E-state index in [1.807, 2.05) is 5.98 Å². The van der Waals surface area contributed by atoms with Crippen LogP contribution in [-0.4, -0.2) is 33.7 Å². The Kier molecular flexibility index (Phi) is 8.05. The molecule has 0 spiro atoms. The average molecular weight is 340 g/mol. The molecule has 23 heavy (non-hydrogen) atoms. The summed E-state index contributed by atoms with van der Waals surface area (Å²) >= 11 is 0. The highest BCUT2D eigenvalue weighted by molar-refractivity contribution is 6.74. The largest absolute Gasteiger partial charge is 0.486 e. The highest BCUT2D eigenvalue weighted by atomic mass is 28.4. The van der Waals surface area contributed by atoms with Crippen LogP contribution in [0.3, 0.4) is 0 Å². The predicted octanol–water partition coefficient (Wildman–Crippen LogP) is 5.36. The Morgan fingerprint density at radius 2 is 1.70 bits per heavy atom. The quantitative estimate of drug-likeness (QED) is 0.439. The maximum Gasteiger partial charge on any atom is 0.486 e. The molecular formula is C18H37BO3Si. The molecule has 0 aromatic heterocycles. The Labute approximate surface area is 145 Å². The summed E-state index contributed by atoms with van der Waals surface area (Å²) in [7, 11) is -1.99. The number of unbranched alkanes of at least 4 members (excludes halogenated alkanes) is 2. The minimum atomic E-state index is -1.76. The lowest BCUT2D eigenvalue weighted by Crippen LogP contribution is -2.43. The van der Waals surface area contributed by atoms with Crippen molar-refractivity contribution in [1.82, 2.24) is 0 Å². The van der Waals surface area contributed by atoms with E-state index in [2.05, 4.69) is 60.7 Å². The zero-order valence-corrected chi connectivity index (χ0v) is 17.5. The van der Waals surface area contributed by atoms with Gasteiger partial charge in [-0.15, -0.1) is 0 Å². The summed E-state index contributed by atoms with van der Waals surface area (Å²) < 4.78 is 18.2. The first-order chi connectivity index (χ1) is 10.6. The normalized spacial score (nSPS) is 24.6. The molecule has 1 aliphatic heterocycles. The van der Waals surface area contributed by atoms with Crippen LogP contribution in [0.4, 0.5) is 0 Å². The van der Waals surface area contributed by atoms with Gasteiger partial charge in [0.25, 0.3) is 0 Å². The molecule has 3 unspecified atom stereocenters. The van der Waals surface area contributed by atoms with Gasteiger partial charge in [0.15, 0.2) is 8.32 Å². The number of hydrogen-bond donors (Lipinski definition) is 0. The Morgan fingerprint density at radius 3 is 2.17 bits per heavy atom. The van der Waals surface area contributed by atoms with Crippen LogP contribution >= 0.6 is 0 Å². The highest BCUT2D eigenvalue weighted by Crippen LogP contribution is 2.38. The molecule has 134 valence electrons. The van der Waals surface area contributed by atoms with Crippen molar-refractivity contribution in [2.24, 2.45) is 0 Å². The van der Waals surface area contributed by atoms with Crippen LogP contribution in [0.2, 0.25) is 18.1 Å². The zero-order valence-electron chi connectivity index (χ0n) is 16.5. The van der Waals surface area contributed by atoms with Gasteiger partial charge >= 0.3 is 7.12 Å². The molecule has 0 amide bonds. The van der Waals surface area contributed by atoms with E-state index in [0.717, 1.165) is 6.42 Å². The molecule has 1 rings (SSSR count). The van der Waals surface area contributed by atoms with E-state index in [0.29, 0.717) is 0 Å². The molecule has 1 heterocycles. The van der Waals surface area contributed by atoms with Gasteiger partial charge in [0.2, 0.25) is 0 Å². The van der Waals surface area contributed by atoms with E-state index < -0.39 is 8.32 Å². The second-order valence-corrected chi connectivity index (χ2v) is 13.1. The van der Waals surface area contributed by atoms with Crippen LogP contribution in [0.15, 0.2) is 12.1 Å². The SMILES string of the molecule is CCCCCC(/C=C/B1OC(C)C(C)O1)O[Si](C)(C)C(C)(C)C. The lowest BCUT2D eigenvalue weighted by atomic mass is 9.89. The summed E-state index contributed by atoms with van der Waals surface area (Å²) in [5.74, 6) is 2.05. The Bertz CT molecular complexity index is 369. The van der Waals surface area contributed by atoms with Crippen molar-refractivity contribution >= 4 is 15.4 Å². The molecule has 1 aliphatic rings. The van der Waals surface area contributed by atoms with Gasteiger partial charge in [0.05, 0.1) is 18.3 Å². The molecule has 0 aliphatic carbocycles. The van der Waals surface area contributed by atoms with Crippen LogP contribution in [0, 0.1) is 0 Å². The van der Waals surface area contributed by atoms with Crippen molar-refractivity contribution in [3.8, 4) is 0 Å². The van der Waals surface area contributed by atoms with Gasteiger partial charge in [-0.05, 0) is 38.4 Å². The van der Waals surface area contributed by atoms with Crippen LogP contribution in [-0.2, 0) is 13.7 Å². The predicted molar refractivity (Wildman–Crippen MR) is 102 cm³/mol. The zero-order chi connectivity index (χ0) is 17.7. The summed E-state index contributed by atoms with van der Waals surface area (Å²) in [6.45, 7) is 17.9. The van der Waals surface area contributed by atoms with Gasteiger partial charge < -0.3 is 13.7 Å². The van der Waals surface area contributed by atoms with E-state index in [9.17, 15) is 0 Å². The van der Waals surface area contributed by atoms with Crippen molar-refractivity contribution < 1.29 is 13.7 Å². The highest BCUT2D eigenvalue weighted by Gasteiger charge is 2.39. The van der Waals surface area contributed by atoms with Crippen molar-refractivity contribution in [2.45, 2.75) is 104 Å². The van der Waals surface area contributed by atoms with Crippen LogP contribution in [0.1, 0.15) is 67.2 Å². The maximum atomic E-state index is 6.60. The van der Waals surface area contributed by atoms with Gasteiger partial charge in [-0.25, -0.2) is 0 Å². The summed E-state index contributed by atoms with van der Waals surface area (Å²) in [4.78, 5) is 0.